The van der Waals surface area contributed by atoms with Gasteiger partial charge in [-0.1, -0.05) is 52.7 Å². The standard InChI is InChI=1S/C27H26BrN3O2/c1-5-23(30(4)26(32)19-11-13-20(28)14-12-19)25-29-22-9-7-6-8-21(22)27(33)31(25)24-15-10-17(2)16-18(24)3/h6-16,23H,5H2,1-4H3. The van der Waals surface area contributed by atoms with Crippen LogP contribution in [0, 0.1) is 13.8 Å². The van der Waals surface area contributed by atoms with E-state index in [0.29, 0.717) is 28.7 Å². The smallest absolute Gasteiger partial charge is 0.266 e. The molecular formula is C27H26BrN3O2. The Morgan fingerprint density at radius 3 is 2.42 bits per heavy atom. The van der Waals surface area contributed by atoms with Gasteiger partial charge in [-0.2, -0.15) is 0 Å². The number of hydrogen-bond acceptors (Lipinski definition) is 3. The van der Waals surface area contributed by atoms with Gasteiger partial charge in [0, 0.05) is 17.1 Å². The molecule has 0 radical (unpaired) electrons. The third kappa shape index (κ3) is 4.35. The second kappa shape index (κ2) is 9.32. The number of halogens is 1. The second-order valence-corrected chi connectivity index (χ2v) is 9.18. The average molecular weight is 504 g/mol. The molecular weight excluding hydrogens is 478 g/mol. The van der Waals surface area contributed by atoms with Crippen LogP contribution in [-0.4, -0.2) is 27.4 Å². The first-order chi connectivity index (χ1) is 15.8. The summed E-state index contributed by atoms with van der Waals surface area (Å²) in [6.07, 6.45) is 0.606. The summed E-state index contributed by atoms with van der Waals surface area (Å²) >= 11 is 3.42. The van der Waals surface area contributed by atoms with E-state index in [9.17, 15) is 9.59 Å². The molecule has 0 aliphatic rings. The first-order valence-corrected chi connectivity index (χ1v) is 11.7. The predicted octanol–water partition coefficient (Wildman–Crippen LogP) is 5.99. The molecule has 1 amide bonds. The minimum Gasteiger partial charge on any atom is -0.332 e. The van der Waals surface area contributed by atoms with Crippen LogP contribution in [0.3, 0.4) is 0 Å². The van der Waals surface area contributed by atoms with E-state index in [1.807, 2.05) is 63.2 Å². The van der Waals surface area contributed by atoms with Gasteiger partial charge in [0.2, 0.25) is 0 Å². The van der Waals surface area contributed by atoms with Crippen LogP contribution in [0.5, 0.6) is 0 Å². The van der Waals surface area contributed by atoms with Gasteiger partial charge in [0.15, 0.2) is 0 Å². The van der Waals surface area contributed by atoms with Crippen LogP contribution in [0.15, 0.2) is 76.0 Å². The fourth-order valence-corrected chi connectivity index (χ4v) is 4.49. The van der Waals surface area contributed by atoms with Gasteiger partial charge < -0.3 is 4.90 Å². The largest absolute Gasteiger partial charge is 0.332 e. The lowest BCUT2D eigenvalue weighted by Crippen LogP contribution is -2.36. The number of rotatable bonds is 5. The molecule has 3 aromatic carbocycles. The molecule has 0 N–H and O–H groups in total. The quantitative estimate of drug-likeness (QED) is 0.336. The highest BCUT2D eigenvalue weighted by Gasteiger charge is 2.27. The van der Waals surface area contributed by atoms with Crippen LogP contribution in [-0.2, 0) is 0 Å². The lowest BCUT2D eigenvalue weighted by molar-refractivity contribution is 0.0717. The average Bonchev–Trinajstić information content (AvgIpc) is 2.80. The number of benzene rings is 3. The predicted molar refractivity (Wildman–Crippen MR) is 136 cm³/mol. The summed E-state index contributed by atoms with van der Waals surface area (Å²) in [4.78, 5) is 33.7. The van der Waals surface area contributed by atoms with E-state index >= 15 is 0 Å². The summed E-state index contributed by atoms with van der Waals surface area (Å²) in [6.45, 7) is 6.02. The molecule has 1 heterocycles. The first-order valence-electron chi connectivity index (χ1n) is 10.9. The zero-order chi connectivity index (χ0) is 23.7. The van der Waals surface area contributed by atoms with E-state index in [0.717, 1.165) is 21.3 Å². The molecule has 0 aliphatic carbocycles. The maximum Gasteiger partial charge on any atom is 0.266 e. The highest BCUT2D eigenvalue weighted by atomic mass is 79.9. The van der Waals surface area contributed by atoms with E-state index in [1.165, 1.54) is 0 Å². The molecule has 1 unspecified atom stereocenters. The van der Waals surface area contributed by atoms with Crippen molar-refractivity contribution in [2.24, 2.45) is 0 Å². The number of nitrogens with zero attached hydrogens (tertiary/aromatic N) is 3. The molecule has 5 nitrogen and oxygen atoms in total. The fraction of sp³-hybridized carbons (Fsp3) is 0.222. The van der Waals surface area contributed by atoms with E-state index in [2.05, 4.69) is 22.0 Å². The lowest BCUT2D eigenvalue weighted by atomic mass is 10.1. The zero-order valence-corrected chi connectivity index (χ0v) is 20.8. The maximum atomic E-state index is 13.7. The second-order valence-electron chi connectivity index (χ2n) is 8.26. The molecule has 4 rings (SSSR count). The third-order valence-electron chi connectivity index (χ3n) is 5.96. The van der Waals surface area contributed by atoms with Gasteiger partial charge in [-0.3, -0.25) is 14.2 Å². The van der Waals surface area contributed by atoms with Gasteiger partial charge in [-0.05, 0) is 68.3 Å². The van der Waals surface area contributed by atoms with Crippen LogP contribution in [0.4, 0.5) is 0 Å². The normalized spacial score (nSPS) is 12.0. The van der Waals surface area contributed by atoms with Gasteiger partial charge >= 0.3 is 0 Å². The van der Waals surface area contributed by atoms with Crippen LogP contribution in [0.2, 0.25) is 0 Å². The number of aromatic nitrogens is 2. The van der Waals surface area contributed by atoms with Gasteiger partial charge in [0.05, 0.1) is 22.6 Å². The number of para-hydroxylation sites is 1. The summed E-state index contributed by atoms with van der Waals surface area (Å²) in [5.74, 6) is 0.435. The fourth-order valence-electron chi connectivity index (χ4n) is 4.23. The molecule has 0 fully saturated rings. The van der Waals surface area contributed by atoms with Crippen molar-refractivity contribution < 1.29 is 4.79 Å². The Labute approximate surface area is 201 Å². The molecule has 6 heteroatoms. The number of fused-ring (bicyclic) bond motifs is 1. The number of amides is 1. The van der Waals surface area contributed by atoms with Crippen molar-refractivity contribution in [2.45, 2.75) is 33.2 Å². The Bertz CT molecular complexity index is 1390. The van der Waals surface area contributed by atoms with Crippen molar-refractivity contribution in [3.05, 3.63) is 104 Å². The van der Waals surface area contributed by atoms with Crippen molar-refractivity contribution in [3.8, 4) is 5.69 Å². The van der Waals surface area contributed by atoms with Crippen molar-refractivity contribution in [2.75, 3.05) is 7.05 Å². The summed E-state index contributed by atoms with van der Waals surface area (Å²) in [6, 6.07) is 20.3. The highest BCUT2D eigenvalue weighted by Crippen LogP contribution is 2.27. The van der Waals surface area contributed by atoms with E-state index in [1.54, 1.807) is 34.7 Å². The molecule has 0 aliphatic heterocycles. The summed E-state index contributed by atoms with van der Waals surface area (Å²) in [7, 11) is 1.77. The van der Waals surface area contributed by atoms with Crippen LogP contribution < -0.4 is 5.56 Å². The minimum absolute atomic E-state index is 0.121. The van der Waals surface area contributed by atoms with E-state index in [4.69, 9.17) is 4.98 Å². The molecule has 0 bridgehead atoms. The van der Waals surface area contributed by atoms with Gasteiger partial charge in [0.1, 0.15) is 5.82 Å². The summed E-state index contributed by atoms with van der Waals surface area (Å²) in [5, 5.41) is 0.554. The Morgan fingerprint density at radius 1 is 1.06 bits per heavy atom. The number of carbonyl (C=O) groups excluding carboxylic acids is 1. The minimum atomic E-state index is -0.390. The van der Waals surface area contributed by atoms with Crippen molar-refractivity contribution in [3.63, 3.8) is 0 Å². The Morgan fingerprint density at radius 2 is 1.76 bits per heavy atom. The molecule has 4 aromatic rings. The van der Waals surface area contributed by atoms with Crippen molar-refractivity contribution in [1.29, 1.82) is 0 Å². The molecule has 1 atom stereocenters. The Hall–Kier alpha value is -3.25. The molecule has 0 spiro atoms. The number of hydrogen-bond donors (Lipinski definition) is 0. The van der Waals surface area contributed by atoms with Gasteiger partial charge in [-0.15, -0.1) is 0 Å². The summed E-state index contributed by atoms with van der Waals surface area (Å²) < 4.78 is 2.59. The Balaban J connectivity index is 1.93. The van der Waals surface area contributed by atoms with Gasteiger partial charge in [-0.25, -0.2) is 4.98 Å². The number of aryl methyl sites for hydroxylation is 2. The van der Waals surface area contributed by atoms with Crippen molar-refractivity contribution in [1.82, 2.24) is 14.5 Å². The summed E-state index contributed by atoms with van der Waals surface area (Å²) in [5.41, 5.74) is 3.95. The van der Waals surface area contributed by atoms with Crippen LogP contribution >= 0.6 is 15.9 Å². The monoisotopic (exact) mass is 503 g/mol. The van der Waals surface area contributed by atoms with Crippen LogP contribution in [0.1, 0.15) is 46.7 Å². The molecule has 33 heavy (non-hydrogen) atoms. The molecule has 168 valence electrons. The SMILES string of the molecule is CCC(c1nc2ccccc2c(=O)n1-c1ccc(C)cc1C)N(C)C(=O)c1ccc(Br)cc1. The van der Waals surface area contributed by atoms with Crippen LogP contribution in [0.25, 0.3) is 16.6 Å². The van der Waals surface area contributed by atoms with Crippen molar-refractivity contribution >= 4 is 32.7 Å². The lowest BCUT2D eigenvalue weighted by Gasteiger charge is -2.29. The molecule has 0 saturated heterocycles. The van der Waals surface area contributed by atoms with E-state index in [-0.39, 0.29) is 17.5 Å². The van der Waals surface area contributed by atoms with Gasteiger partial charge in [0.25, 0.3) is 11.5 Å². The maximum absolute atomic E-state index is 13.7. The zero-order valence-electron chi connectivity index (χ0n) is 19.2. The third-order valence-corrected chi connectivity index (χ3v) is 6.49. The Kier molecular flexibility index (Phi) is 6.47. The molecule has 1 aromatic heterocycles. The van der Waals surface area contributed by atoms with E-state index < -0.39 is 0 Å². The topological polar surface area (TPSA) is 55.2 Å². The first kappa shape index (κ1) is 22.9. The number of carbonyl (C=O) groups is 1. The highest BCUT2D eigenvalue weighted by molar-refractivity contribution is 9.10. The molecule has 0 saturated carbocycles.